The third kappa shape index (κ3) is 3.79. The molecular weight excluding hydrogens is 314 g/mol. The number of rotatable bonds is 5. The lowest BCUT2D eigenvalue weighted by atomic mass is 10.1. The zero-order valence-electron chi connectivity index (χ0n) is 13.4. The second-order valence-electron chi connectivity index (χ2n) is 6.03. The molecule has 1 saturated heterocycles. The Balaban J connectivity index is 1.67. The van der Waals surface area contributed by atoms with Crippen molar-refractivity contribution in [1.29, 1.82) is 0 Å². The fourth-order valence-corrected chi connectivity index (χ4v) is 4.60. The van der Waals surface area contributed by atoms with Crippen LogP contribution in [0.25, 0.3) is 11.4 Å². The van der Waals surface area contributed by atoms with Crippen molar-refractivity contribution in [2.75, 3.05) is 18.6 Å². The van der Waals surface area contributed by atoms with Crippen molar-refractivity contribution >= 4 is 9.84 Å². The first-order valence-corrected chi connectivity index (χ1v) is 9.61. The minimum Gasteiger partial charge on any atom is -0.338 e. The lowest BCUT2D eigenvalue weighted by Gasteiger charge is -2.20. The first kappa shape index (κ1) is 16.1. The molecular formula is C16H21N3O3S. The molecule has 0 saturated carbocycles. The Morgan fingerprint density at radius 1 is 1.30 bits per heavy atom. The van der Waals surface area contributed by atoms with E-state index in [-0.39, 0.29) is 17.5 Å². The van der Waals surface area contributed by atoms with Crippen molar-refractivity contribution in [1.82, 2.24) is 15.0 Å². The van der Waals surface area contributed by atoms with E-state index in [4.69, 9.17) is 4.52 Å². The average Bonchev–Trinajstić information content (AvgIpc) is 3.14. The predicted molar refractivity (Wildman–Crippen MR) is 87.6 cm³/mol. The van der Waals surface area contributed by atoms with Crippen molar-refractivity contribution in [3.05, 3.63) is 35.7 Å². The van der Waals surface area contributed by atoms with E-state index >= 15 is 0 Å². The maximum Gasteiger partial charge on any atom is 0.241 e. The third-order valence-electron chi connectivity index (χ3n) is 4.30. The molecule has 1 aromatic heterocycles. The zero-order chi connectivity index (χ0) is 16.4. The zero-order valence-corrected chi connectivity index (χ0v) is 14.2. The fourth-order valence-electron chi connectivity index (χ4n) is 2.79. The highest BCUT2D eigenvalue weighted by atomic mass is 32.2. The number of benzene rings is 1. The van der Waals surface area contributed by atoms with Crippen LogP contribution in [0, 0.1) is 0 Å². The van der Waals surface area contributed by atoms with E-state index in [1.165, 1.54) is 5.56 Å². The Kier molecular flexibility index (Phi) is 4.50. The molecule has 0 radical (unpaired) electrons. The summed E-state index contributed by atoms with van der Waals surface area (Å²) in [5, 5.41) is 4.02. The first-order valence-electron chi connectivity index (χ1n) is 7.79. The maximum absolute atomic E-state index is 11.6. The Labute approximate surface area is 136 Å². The molecule has 1 aliphatic heterocycles. The Hall–Kier alpha value is -1.73. The summed E-state index contributed by atoms with van der Waals surface area (Å²) in [7, 11) is -0.991. The minimum absolute atomic E-state index is 0.0270. The van der Waals surface area contributed by atoms with Gasteiger partial charge in [-0.05, 0) is 25.5 Å². The van der Waals surface area contributed by atoms with Gasteiger partial charge in [-0.25, -0.2) is 8.42 Å². The smallest absolute Gasteiger partial charge is 0.241 e. The summed E-state index contributed by atoms with van der Waals surface area (Å²) in [5.41, 5.74) is 2.18. The lowest BCUT2D eigenvalue weighted by molar-refractivity contribution is 0.218. The molecule has 23 heavy (non-hydrogen) atoms. The standard InChI is InChI=1S/C16H21N3O3S/c1-3-12-4-6-13(7-5-12)16-17-15(22-18-16)10-19(2)14-8-9-23(20,21)11-14/h4-7,14H,3,8-11H2,1-2H3/t14-/m0/s1. The molecule has 0 aliphatic carbocycles. The number of aryl methyl sites for hydroxylation is 1. The molecule has 2 aromatic rings. The van der Waals surface area contributed by atoms with Gasteiger partial charge in [0, 0.05) is 11.6 Å². The van der Waals surface area contributed by atoms with Crippen LogP contribution in [0.2, 0.25) is 0 Å². The summed E-state index contributed by atoms with van der Waals surface area (Å²) in [4.78, 5) is 6.39. The second-order valence-corrected chi connectivity index (χ2v) is 8.26. The van der Waals surface area contributed by atoms with Crippen molar-refractivity contribution in [3.8, 4) is 11.4 Å². The molecule has 1 fully saturated rings. The van der Waals surface area contributed by atoms with Gasteiger partial charge < -0.3 is 4.52 Å². The highest BCUT2D eigenvalue weighted by molar-refractivity contribution is 7.91. The Morgan fingerprint density at radius 2 is 2.04 bits per heavy atom. The summed E-state index contributed by atoms with van der Waals surface area (Å²) < 4.78 is 28.4. The monoisotopic (exact) mass is 335 g/mol. The Morgan fingerprint density at radius 3 is 2.65 bits per heavy atom. The quantitative estimate of drug-likeness (QED) is 0.831. The van der Waals surface area contributed by atoms with Gasteiger partial charge in [0.15, 0.2) is 9.84 Å². The minimum atomic E-state index is -2.89. The van der Waals surface area contributed by atoms with Gasteiger partial charge in [-0.3, -0.25) is 4.90 Å². The summed E-state index contributed by atoms with van der Waals surface area (Å²) in [6.45, 7) is 2.57. The topological polar surface area (TPSA) is 76.3 Å². The van der Waals surface area contributed by atoms with Crippen LogP contribution >= 0.6 is 0 Å². The molecule has 0 N–H and O–H groups in total. The van der Waals surface area contributed by atoms with Crippen LogP contribution in [0.4, 0.5) is 0 Å². The van der Waals surface area contributed by atoms with E-state index in [0.29, 0.717) is 24.7 Å². The molecule has 124 valence electrons. The summed E-state index contributed by atoms with van der Waals surface area (Å²) >= 11 is 0. The van der Waals surface area contributed by atoms with Gasteiger partial charge in [0.05, 0.1) is 18.1 Å². The van der Waals surface area contributed by atoms with Gasteiger partial charge in [0.1, 0.15) is 0 Å². The first-order chi connectivity index (χ1) is 11.0. The summed E-state index contributed by atoms with van der Waals surface area (Å²) in [6.07, 6.45) is 1.66. The van der Waals surface area contributed by atoms with E-state index < -0.39 is 9.84 Å². The molecule has 6 nitrogen and oxygen atoms in total. The molecule has 1 aliphatic rings. The number of sulfone groups is 1. The second kappa shape index (κ2) is 6.41. The highest BCUT2D eigenvalue weighted by Crippen LogP contribution is 2.20. The van der Waals surface area contributed by atoms with E-state index in [1.54, 1.807) is 0 Å². The molecule has 0 amide bonds. The maximum atomic E-state index is 11.6. The van der Waals surface area contributed by atoms with E-state index in [2.05, 4.69) is 29.2 Å². The molecule has 0 spiro atoms. The molecule has 0 unspecified atom stereocenters. The molecule has 7 heteroatoms. The van der Waals surface area contributed by atoms with Crippen LogP contribution in [0.5, 0.6) is 0 Å². The molecule has 0 bridgehead atoms. The Bertz CT molecular complexity index is 768. The summed E-state index contributed by atoms with van der Waals surface area (Å²) in [6, 6.07) is 8.11. The van der Waals surface area contributed by atoms with Crippen LogP contribution in [-0.4, -0.2) is 48.1 Å². The molecule has 3 rings (SSSR count). The molecule has 2 heterocycles. The van der Waals surface area contributed by atoms with Gasteiger partial charge in [-0.2, -0.15) is 4.98 Å². The molecule has 1 atom stereocenters. The van der Waals surface area contributed by atoms with Gasteiger partial charge in [0.25, 0.3) is 0 Å². The normalized spacial score (nSPS) is 20.2. The SMILES string of the molecule is CCc1ccc(-c2noc(CN(C)[C@H]3CCS(=O)(=O)C3)n2)cc1. The van der Waals surface area contributed by atoms with Crippen LogP contribution in [-0.2, 0) is 22.8 Å². The van der Waals surface area contributed by atoms with Crippen molar-refractivity contribution in [3.63, 3.8) is 0 Å². The number of hydrogen-bond acceptors (Lipinski definition) is 6. The molecule has 1 aromatic carbocycles. The lowest BCUT2D eigenvalue weighted by Crippen LogP contribution is -2.32. The fraction of sp³-hybridized carbons (Fsp3) is 0.500. The van der Waals surface area contributed by atoms with Gasteiger partial charge in [-0.15, -0.1) is 0 Å². The van der Waals surface area contributed by atoms with E-state index in [0.717, 1.165) is 12.0 Å². The third-order valence-corrected chi connectivity index (χ3v) is 6.06. The van der Waals surface area contributed by atoms with E-state index in [9.17, 15) is 8.42 Å². The van der Waals surface area contributed by atoms with Crippen LogP contribution in [0.1, 0.15) is 24.8 Å². The number of nitrogens with zero attached hydrogens (tertiary/aromatic N) is 3. The average molecular weight is 335 g/mol. The van der Waals surface area contributed by atoms with Gasteiger partial charge in [-0.1, -0.05) is 36.3 Å². The van der Waals surface area contributed by atoms with Crippen molar-refractivity contribution in [2.24, 2.45) is 0 Å². The number of hydrogen-bond donors (Lipinski definition) is 0. The van der Waals surface area contributed by atoms with Crippen LogP contribution < -0.4 is 0 Å². The number of aromatic nitrogens is 2. The largest absolute Gasteiger partial charge is 0.338 e. The van der Waals surface area contributed by atoms with E-state index in [1.807, 2.05) is 24.1 Å². The van der Waals surface area contributed by atoms with Gasteiger partial charge in [0.2, 0.25) is 11.7 Å². The van der Waals surface area contributed by atoms with Gasteiger partial charge >= 0.3 is 0 Å². The summed E-state index contributed by atoms with van der Waals surface area (Å²) in [5.74, 6) is 1.55. The van der Waals surface area contributed by atoms with Crippen molar-refractivity contribution < 1.29 is 12.9 Å². The van der Waals surface area contributed by atoms with Crippen LogP contribution in [0.15, 0.2) is 28.8 Å². The van der Waals surface area contributed by atoms with Crippen molar-refractivity contribution in [2.45, 2.75) is 32.4 Å². The highest BCUT2D eigenvalue weighted by Gasteiger charge is 2.31. The predicted octanol–water partition coefficient (Wildman–Crippen LogP) is 1.92. The van der Waals surface area contributed by atoms with Crippen LogP contribution in [0.3, 0.4) is 0 Å².